The molecule has 3 rings (SSSR count). The summed E-state index contributed by atoms with van der Waals surface area (Å²) < 4.78 is 0. The number of hydrogen-bond acceptors (Lipinski definition) is 3. The van der Waals surface area contributed by atoms with E-state index in [4.69, 9.17) is 0 Å². The first-order valence-corrected chi connectivity index (χ1v) is 7.91. The number of amides is 2. The first kappa shape index (κ1) is 16.1. The van der Waals surface area contributed by atoms with Gasteiger partial charge in [-0.05, 0) is 38.1 Å². The molecule has 2 aromatic carbocycles. The number of anilines is 3. The van der Waals surface area contributed by atoms with Crippen LogP contribution in [-0.2, 0) is 9.59 Å². The van der Waals surface area contributed by atoms with Gasteiger partial charge in [-0.15, -0.1) is 0 Å². The molecule has 2 aromatic rings. The number of carbonyl (C=O) groups excluding carboxylic acids is 2. The van der Waals surface area contributed by atoms with Crippen LogP contribution in [0.5, 0.6) is 0 Å². The van der Waals surface area contributed by atoms with Crippen LogP contribution in [0.4, 0.5) is 17.1 Å². The lowest BCUT2D eigenvalue weighted by Gasteiger charge is -2.42. The Labute approximate surface area is 141 Å². The lowest BCUT2D eigenvalue weighted by atomic mass is 9.96. The average molecular weight is 323 g/mol. The molecule has 0 fully saturated rings. The number of carbonyl (C=O) groups is 2. The molecule has 124 valence electrons. The molecule has 0 spiro atoms. The molecule has 24 heavy (non-hydrogen) atoms. The monoisotopic (exact) mass is 323 g/mol. The molecule has 5 heteroatoms. The van der Waals surface area contributed by atoms with E-state index < -0.39 is 5.54 Å². The fraction of sp³-hybridized carbons (Fsp3) is 0.263. The van der Waals surface area contributed by atoms with E-state index in [1.165, 1.54) is 0 Å². The first-order valence-electron chi connectivity index (χ1n) is 7.91. The van der Waals surface area contributed by atoms with E-state index in [2.05, 4.69) is 5.32 Å². The van der Waals surface area contributed by atoms with Crippen LogP contribution < -0.4 is 15.1 Å². The van der Waals surface area contributed by atoms with Crippen LogP contribution in [-0.4, -0.2) is 30.9 Å². The Hall–Kier alpha value is -2.82. The zero-order valence-corrected chi connectivity index (χ0v) is 14.1. The Bertz CT molecular complexity index is 771. The number of fused-ring (bicyclic) bond motifs is 1. The molecule has 1 N–H and O–H groups in total. The van der Waals surface area contributed by atoms with Gasteiger partial charge in [-0.3, -0.25) is 14.5 Å². The van der Waals surface area contributed by atoms with E-state index in [0.717, 1.165) is 11.4 Å². The highest BCUT2D eigenvalue weighted by atomic mass is 16.2. The molecular weight excluding hydrogens is 302 g/mol. The van der Waals surface area contributed by atoms with Crippen molar-refractivity contribution in [3.63, 3.8) is 0 Å². The van der Waals surface area contributed by atoms with Gasteiger partial charge in [0.25, 0.3) is 0 Å². The molecule has 0 aliphatic carbocycles. The summed E-state index contributed by atoms with van der Waals surface area (Å²) in [6.07, 6.45) is 0. The molecule has 0 atom stereocenters. The van der Waals surface area contributed by atoms with Gasteiger partial charge in [-0.25, -0.2) is 0 Å². The quantitative estimate of drug-likeness (QED) is 0.945. The van der Waals surface area contributed by atoms with Gasteiger partial charge < -0.3 is 10.2 Å². The van der Waals surface area contributed by atoms with Crippen LogP contribution in [0.25, 0.3) is 0 Å². The third kappa shape index (κ3) is 2.73. The zero-order chi connectivity index (χ0) is 17.3. The number of para-hydroxylation sites is 3. The van der Waals surface area contributed by atoms with Crippen molar-refractivity contribution in [2.24, 2.45) is 0 Å². The highest BCUT2D eigenvalue weighted by Crippen LogP contribution is 2.36. The SMILES string of the molecule is CN(CC(=O)N1c2ccccc2NC(=O)C1(C)C)c1ccccc1. The minimum Gasteiger partial charge on any atom is -0.365 e. The van der Waals surface area contributed by atoms with E-state index in [1.807, 2.05) is 66.5 Å². The van der Waals surface area contributed by atoms with Gasteiger partial charge in [0.2, 0.25) is 11.8 Å². The Morgan fingerprint density at radius 2 is 1.71 bits per heavy atom. The molecule has 2 amide bonds. The van der Waals surface area contributed by atoms with Gasteiger partial charge >= 0.3 is 0 Å². The summed E-state index contributed by atoms with van der Waals surface area (Å²) in [6.45, 7) is 3.71. The number of likely N-dealkylation sites (N-methyl/N-ethyl adjacent to an activating group) is 1. The Morgan fingerprint density at radius 3 is 2.42 bits per heavy atom. The highest BCUT2D eigenvalue weighted by Gasteiger charge is 2.43. The average Bonchev–Trinajstić information content (AvgIpc) is 2.56. The number of hydrogen-bond donors (Lipinski definition) is 1. The molecule has 1 aliphatic rings. The van der Waals surface area contributed by atoms with Crippen molar-refractivity contribution in [3.8, 4) is 0 Å². The van der Waals surface area contributed by atoms with Gasteiger partial charge in [0.1, 0.15) is 5.54 Å². The minimum absolute atomic E-state index is 0.117. The molecule has 5 nitrogen and oxygen atoms in total. The summed E-state index contributed by atoms with van der Waals surface area (Å²) in [5.41, 5.74) is 1.41. The van der Waals surface area contributed by atoms with Gasteiger partial charge in [0.05, 0.1) is 17.9 Å². The van der Waals surface area contributed by atoms with Crippen LogP contribution in [0.1, 0.15) is 13.8 Å². The maximum Gasteiger partial charge on any atom is 0.250 e. The molecule has 0 saturated carbocycles. The second kappa shape index (κ2) is 6.00. The van der Waals surface area contributed by atoms with Crippen LogP contribution in [0.2, 0.25) is 0 Å². The molecule has 1 heterocycles. The van der Waals surface area contributed by atoms with E-state index in [1.54, 1.807) is 18.7 Å². The maximum absolute atomic E-state index is 13.0. The molecule has 1 aliphatic heterocycles. The topological polar surface area (TPSA) is 52.7 Å². The number of benzene rings is 2. The van der Waals surface area contributed by atoms with Crippen LogP contribution in [0.15, 0.2) is 54.6 Å². The van der Waals surface area contributed by atoms with Crippen LogP contribution in [0.3, 0.4) is 0 Å². The van der Waals surface area contributed by atoms with Crippen molar-refractivity contribution in [2.45, 2.75) is 19.4 Å². The number of nitrogens with one attached hydrogen (secondary N) is 1. The lowest BCUT2D eigenvalue weighted by Crippen LogP contribution is -2.60. The standard InChI is InChI=1S/C19H21N3O2/c1-19(2)18(24)20-15-11-7-8-12-16(15)22(19)17(23)13-21(3)14-9-5-4-6-10-14/h4-12H,13H2,1-3H3,(H,20,24). The fourth-order valence-corrected chi connectivity index (χ4v) is 2.95. The summed E-state index contributed by atoms with van der Waals surface area (Å²) in [4.78, 5) is 28.9. The van der Waals surface area contributed by atoms with Crippen molar-refractivity contribution >= 4 is 28.9 Å². The molecule has 0 unspecified atom stereocenters. The smallest absolute Gasteiger partial charge is 0.250 e. The summed E-state index contributed by atoms with van der Waals surface area (Å²) in [5.74, 6) is -0.300. The first-order chi connectivity index (χ1) is 11.4. The minimum atomic E-state index is -0.942. The van der Waals surface area contributed by atoms with E-state index in [0.29, 0.717) is 5.69 Å². The Kier molecular flexibility index (Phi) is 4.01. The third-order valence-corrected chi connectivity index (χ3v) is 4.33. The largest absolute Gasteiger partial charge is 0.365 e. The van der Waals surface area contributed by atoms with Gasteiger partial charge in [-0.2, -0.15) is 0 Å². The molecular formula is C19H21N3O2. The van der Waals surface area contributed by atoms with Crippen molar-refractivity contribution in [1.29, 1.82) is 0 Å². The van der Waals surface area contributed by atoms with E-state index >= 15 is 0 Å². The van der Waals surface area contributed by atoms with Gasteiger partial charge in [-0.1, -0.05) is 30.3 Å². The predicted octanol–water partition coefficient (Wildman–Crippen LogP) is 2.89. The zero-order valence-electron chi connectivity index (χ0n) is 14.1. The summed E-state index contributed by atoms with van der Waals surface area (Å²) in [7, 11) is 1.87. The van der Waals surface area contributed by atoms with Gasteiger partial charge in [0, 0.05) is 12.7 Å². The van der Waals surface area contributed by atoms with E-state index in [9.17, 15) is 9.59 Å². The highest BCUT2D eigenvalue weighted by molar-refractivity contribution is 6.14. The van der Waals surface area contributed by atoms with Crippen molar-refractivity contribution in [2.75, 3.05) is 28.7 Å². The van der Waals surface area contributed by atoms with Crippen molar-refractivity contribution in [3.05, 3.63) is 54.6 Å². The fourth-order valence-electron chi connectivity index (χ4n) is 2.95. The van der Waals surface area contributed by atoms with E-state index in [-0.39, 0.29) is 18.4 Å². The molecule has 0 radical (unpaired) electrons. The summed E-state index contributed by atoms with van der Waals surface area (Å²) in [6, 6.07) is 17.1. The summed E-state index contributed by atoms with van der Waals surface area (Å²) >= 11 is 0. The Balaban J connectivity index is 1.91. The number of nitrogens with zero attached hydrogens (tertiary/aromatic N) is 2. The summed E-state index contributed by atoms with van der Waals surface area (Å²) in [5, 5.41) is 2.87. The Morgan fingerprint density at radius 1 is 1.08 bits per heavy atom. The second-order valence-corrected chi connectivity index (χ2v) is 6.45. The normalized spacial score (nSPS) is 15.5. The third-order valence-electron chi connectivity index (χ3n) is 4.33. The molecule has 0 aromatic heterocycles. The van der Waals surface area contributed by atoms with Crippen LogP contribution >= 0.6 is 0 Å². The van der Waals surface area contributed by atoms with Crippen LogP contribution in [0, 0.1) is 0 Å². The molecule has 0 saturated heterocycles. The maximum atomic E-state index is 13.0. The number of rotatable bonds is 3. The van der Waals surface area contributed by atoms with Gasteiger partial charge in [0.15, 0.2) is 0 Å². The predicted molar refractivity (Wildman–Crippen MR) is 96.3 cm³/mol. The van der Waals surface area contributed by atoms with Crippen molar-refractivity contribution in [1.82, 2.24) is 0 Å². The molecule has 0 bridgehead atoms. The van der Waals surface area contributed by atoms with Crippen molar-refractivity contribution < 1.29 is 9.59 Å². The lowest BCUT2D eigenvalue weighted by molar-refractivity contribution is -0.125. The second-order valence-electron chi connectivity index (χ2n) is 6.45.